The molecule has 2 rings (SSSR count). The molecule has 5 heteroatoms. The smallest absolute Gasteiger partial charge is 0.106 e. The highest BCUT2D eigenvalue weighted by Gasteiger charge is 2.15. The van der Waals surface area contributed by atoms with E-state index in [0.29, 0.717) is 0 Å². The van der Waals surface area contributed by atoms with Crippen LogP contribution in [0.15, 0.2) is 22.6 Å². The third kappa shape index (κ3) is 3.34. The summed E-state index contributed by atoms with van der Waals surface area (Å²) in [5.41, 5.74) is 2.72. The van der Waals surface area contributed by atoms with Crippen molar-refractivity contribution in [1.29, 1.82) is 0 Å². The van der Waals surface area contributed by atoms with Crippen LogP contribution in [0.3, 0.4) is 0 Å². The molecule has 0 radical (unpaired) electrons. The quantitative estimate of drug-likeness (QED) is 0.848. The molecule has 1 unspecified atom stereocenters. The van der Waals surface area contributed by atoms with Gasteiger partial charge in [0.05, 0.1) is 12.9 Å². The lowest BCUT2D eigenvalue weighted by molar-refractivity contribution is 0.187. The molecule has 1 aromatic heterocycles. The van der Waals surface area contributed by atoms with Crippen molar-refractivity contribution in [1.82, 2.24) is 4.90 Å². The monoisotopic (exact) mass is 286 g/mol. The van der Waals surface area contributed by atoms with E-state index >= 15 is 0 Å². The van der Waals surface area contributed by atoms with Gasteiger partial charge >= 0.3 is 0 Å². The van der Waals surface area contributed by atoms with Crippen molar-refractivity contribution < 1.29 is 4.74 Å². The van der Waals surface area contributed by atoms with Gasteiger partial charge in [-0.25, -0.2) is 0 Å². The number of aliphatic imine (C=N–C) groups is 1. The Morgan fingerprint density at radius 2 is 2.22 bits per heavy atom. The first kappa shape index (κ1) is 15.2. The Bertz CT molecular complexity index is 428. The van der Waals surface area contributed by atoms with Gasteiger partial charge < -0.3 is 9.64 Å². The van der Waals surface area contributed by atoms with Crippen LogP contribution in [-0.4, -0.2) is 31.5 Å². The predicted molar refractivity (Wildman–Crippen MR) is 80.0 cm³/mol. The lowest BCUT2D eigenvalue weighted by Crippen LogP contribution is -2.22. The Hall–Kier alpha value is -0.840. The molecule has 1 aliphatic rings. The Labute approximate surface area is 119 Å². The fourth-order valence-corrected chi connectivity index (χ4v) is 2.83. The second-order valence-electron chi connectivity index (χ2n) is 4.19. The summed E-state index contributed by atoms with van der Waals surface area (Å²) in [6.07, 6.45) is 6.14. The summed E-state index contributed by atoms with van der Waals surface area (Å²) in [4.78, 5) is 7.98. The lowest BCUT2D eigenvalue weighted by Gasteiger charge is -2.20. The van der Waals surface area contributed by atoms with Crippen LogP contribution >= 0.6 is 23.7 Å². The van der Waals surface area contributed by atoms with Gasteiger partial charge in [0.1, 0.15) is 6.04 Å². The highest BCUT2D eigenvalue weighted by Crippen LogP contribution is 2.31. The first-order chi connectivity index (χ1) is 8.22. The predicted octanol–water partition coefficient (Wildman–Crippen LogP) is 3.33. The topological polar surface area (TPSA) is 24.8 Å². The number of hydrogen-bond donors (Lipinski definition) is 0. The van der Waals surface area contributed by atoms with Gasteiger partial charge in [0.2, 0.25) is 0 Å². The van der Waals surface area contributed by atoms with Crippen molar-refractivity contribution in [2.75, 3.05) is 20.3 Å². The number of halogens is 1. The first-order valence-electron chi connectivity index (χ1n) is 5.73. The fraction of sp³-hybridized carbons (Fsp3) is 0.462. The molecule has 1 aromatic rings. The highest BCUT2D eigenvalue weighted by atomic mass is 35.5. The SMILES string of the molecule is COCCN1C=CC(c2scc(C)c2C)N=C1.Cl. The Morgan fingerprint density at radius 3 is 2.72 bits per heavy atom. The second kappa shape index (κ2) is 6.92. The molecule has 0 amide bonds. The highest BCUT2D eigenvalue weighted by molar-refractivity contribution is 7.10. The van der Waals surface area contributed by atoms with Gasteiger partial charge in [-0.05, 0) is 36.4 Å². The minimum atomic E-state index is 0. The number of methoxy groups -OCH3 is 1. The molecule has 18 heavy (non-hydrogen) atoms. The molecular formula is C13H19ClN2OS. The normalized spacial score (nSPS) is 17.9. The fourth-order valence-electron chi connectivity index (χ4n) is 1.74. The summed E-state index contributed by atoms with van der Waals surface area (Å²) in [5, 5.41) is 2.20. The number of ether oxygens (including phenoxy) is 1. The van der Waals surface area contributed by atoms with Crippen LogP contribution in [0.1, 0.15) is 22.0 Å². The van der Waals surface area contributed by atoms with Crippen LogP contribution < -0.4 is 0 Å². The molecule has 0 fully saturated rings. The summed E-state index contributed by atoms with van der Waals surface area (Å²) in [6, 6.07) is 0.187. The number of thiophene rings is 1. The van der Waals surface area contributed by atoms with E-state index in [1.165, 1.54) is 16.0 Å². The largest absolute Gasteiger partial charge is 0.383 e. The van der Waals surface area contributed by atoms with Crippen LogP contribution in [0.4, 0.5) is 0 Å². The molecule has 0 saturated carbocycles. The maximum absolute atomic E-state index is 5.04. The first-order valence-corrected chi connectivity index (χ1v) is 6.61. The molecule has 0 aromatic carbocycles. The van der Waals surface area contributed by atoms with Crippen molar-refractivity contribution in [3.05, 3.63) is 33.7 Å². The van der Waals surface area contributed by atoms with Crippen LogP contribution in [0.25, 0.3) is 0 Å². The van der Waals surface area contributed by atoms with Crippen molar-refractivity contribution in [3.8, 4) is 0 Å². The minimum Gasteiger partial charge on any atom is -0.383 e. The van der Waals surface area contributed by atoms with E-state index in [1.807, 2.05) is 6.34 Å². The van der Waals surface area contributed by atoms with E-state index in [2.05, 4.69) is 41.4 Å². The minimum absolute atomic E-state index is 0. The molecule has 100 valence electrons. The van der Waals surface area contributed by atoms with Gasteiger partial charge in [0, 0.05) is 24.7 Å². The third-order valence-electron chi connectivity index (χ3n) is 2.98. The maximum Gasteiger partial charge on any atom is 0.106 e. The Morgan fingerprint density at radius 1 is 1.44 bits per heavy atom. The molecule has 3 nitrogen and oxygen atoms in total. The lowest BCUT2D eigenvalue weighted by atomic mass is 10.1. The average Bonchev–Trinajstić information content (AvgIpc) is 2.68. The summed E-state index contributed by atoms with van der Waals surface area (Å²) < 4.78 is 5.04. The van der Waals surface area contributed by atoms with E-state index in [1.54, 1.807) is 18.4 Å². The van der Waals surface area contributed by atoms with Crippen LogP contribution in [0.2, 0.25) is 0 Å². The van der Waals surface area contributed by atoms with E-state index in [-0.39, 0.29) is 18.4 Å². The molecule has 0 saturated heterocycles. The molecule has 2 heterocycles. The number of rotatable bonds is 4. The zero-order valence-corrected chi connectivity index (χ0v) is 12.6. The molecule has 0 aliphatic carbocycles. The van der Waals surface area contributed by atoms with E-state index in [0.717, 1.165) is 13.2 Å². The van der Waals surface area contributed by atoms with Gasteiger partial charge in [-0.2, -0.15) is 0 Å². The van der Waals surface area contributed by atoms with E-state index < -0.39 is 0 Å². The number of nitrogens with zero attached hydrogens (tertiary/aromatic N) is 2. The van der Waals surface area contributed by atoms with Gasteiger partial charge in [0.15, 0.2) is 0 Å². The Kier molecular flexibility index (Phi) is 5.85. The second-order valence-corrected chi connectivity index (χ2v) is 5.10. The number of aryl methyl sites for hydroxylation is 1. The van der Waals surface area contributed by atoms with E-state index in [4.69, 9.17) is 4.74 Å². The van der Waals surface area contributed by atoms with Crippen molar-refractivity contribution in [3.63, 3.8) is 0 Å². The summed E-state index contributed by atoms with van der Waals surface area (Å²) >= 11 is 1.79. The van der Waals surface area contributed by atoms with Gasteiger partial charge in [-0.15, -0.1) is 23.7 Å². The molecule has 1 atom stereocenters. The zero-order chi connectivity index (χ0) is 12.3. The van der Waals surface area contributed by atoms with Crippen LogP contribution in [0.5, 0.6) is 0 Å². The van der Waals surface area contributed by atoms with E-state index in [9.17, 15) is 0 Å². The molecule has 0 bridgehead atoms. The van der Waals surface area contributed by atoms with Gasteiger partial charge in [-0.1, -0.05) is 0 Å². The van der Waals surface area contributed by atoms with Crippen molar-refractivity contribution in [2.45, 2.75) is 19.9 Å². The van der Waals surface area contributed by atoms with Crippen LogP contribution in [-0.2, 0) is 4.74 Å². The standard InChI is InChI=1S/C13H18N2OS.ClH/c1-10-8-17-13(11(10)2)12-4-5-15(9-14-12)6-7-16-3;/h4-5,8-9,12H,6-7H2,1-3H3;1H. The average molecular weight is 287 g/mol. The molecule has 0 N–H and O–H groups in total. The maximum atomic E-state index is 5.04. The van der Waals surface area contributed by atoms with Crippen molar-refractivity contribution >= 4 is 30.1 Å². The van der Waals surface area contributed by atoms with Crippen LogP contribution in [0, 0.1) is 13.8 Å². The Balaban J connectivity index is 0.00000162. The number of hydrogen-bond acceptors (Lipinski definition) is 4. The van der Waals surface area contributed by atoms with Gasteiger partial charge in [0.25, 0.3) is 0 Å². The van der Waals surface area contributed by atoms with Gasteiger partial charge in [-0.3, -0.25) is 4.99 Å². The molecule has 0 spiro atoms. The zero-order valence-electron chi connectivity index (χ0n) is 10.9. The summed E-state index contributed by atoms with van der Waals surface area (Å²) in [7, 11) is 1.71. The third-order valence-corrected chi connectivity index (χ3v) is 4.25. The molecular weight excluding hydrogens is 268 g/mol. The van der Waals surface area contributed by atoms with Crippen molar-refractivity contribution in [2.24, 2.45) is 4.99 Å². The summed E-state index contributed by atoms with van der Waals surface area (Å²) in [5.74, 6) is 0. The summed E-state index contributed by atoms with van der Waals surface area (Å²) in [6.45, 7) is 5.89. The molecule has 1 aliphatic heterocycles.